The standard InChI is InChI=1S/C21H33N3O4/c1-5-24(13-19(25)26)18-10-17(11-18)23-20(27)22-12-15-7-6-8-16(9-15)14-28-21(2,3)4/h6-9,17-18H,5,10-14H2,1-4H3,(H,25,26)(H2,22,23,27). The number of carbonyl (C=O) groups excluding carboxylic acids is 1. The Bertz CT molecular complexity index is 666. The highest BCUT2D eigenvalue weighted by molar-refractivity contribution is 5.74. The molecule has 2 amide bonds. The van der Waals surface area contributed by atoms with E-state index in [9.17, 15) is 9.59 Å². The van der Waals surface area contributed by atoms with Gasteiger partial charge in [-0.25, -0.2) is 4.79 Å². The van der Waals surface area contributed by atoms with E-state index in [1.807, 2.05) is 56.9 Å². The molecule has 1 aromatic rings. The summed E-state index contributed by atoms with van der Waals surface area (Å²) in [6.45, 7) is 9.76. The Kier molecular flexibility index (Phi) is 7.83. The van der Waals surface area contributed by atoms with Gasteiger partial charge in [-0.2, -0.15) is 0 Å². The molecule has 1 aliphatic rings. The smallest absolute Gasteiger partial charge is 0.317 e. The number of carbonyl (C=O) groups is 2. The Hall–Kier alpha value is -2.12. The van der Waals surface area contributed by atoms with E-state index in [1.165, 1.54) is 0 Å². The molecule has 0 aromatic heterocycles. The van der Waals surface area contributed by atoms with Crippen molar-refractivity contribution in [3.63, 3.8) is 0 Å². The van der Waals surface area contributed by atoms with Crippen LogP contribution in [0.25, 0.3) is 0 Å². The summed E-state index contributed by atoms with van der Waals surface area (Å²) in [5.74, 6) is -0.814. The van der Waals surface area contributed by atoms with Gasteiger partial charge in [0.2, 0.25) is 0 Å². The minimum Gasteiger partial charge on any atom is -0.480 e. The number of hydrogen-bond donors (Lipinski definition) is 3. The van der Waals surface area contributed by atoms with Crippen molar-refractivity contribution < 1.29 is 19.4 Å². The largest absolute Gasteiger partial charge is 0.480 e. The van der Waals surface area contributed by atoms with Crippen molar-refractivity contribution in [1.82, 2.24) is 15.5 Å². The van der Waals surface area contributed by atoms with E-state index in [0.29, 0.717) is 19.7 Å². The van der Waals surface area contributed by atoms with Gasteiger partial charge in [0, 0.05) is 18.6 Å². The van der Waals surface area contributed by atoms with Crippen LogP contribution < -0.4 is 10.6 Å². The lowest BCUT2D eigenvalue weighted by Gasteiger charge is -2.42. The number of urea groups is 1. The topological polar surface area (TPSA) is 90.9 Å². The third-order valence-electron chi connectivity index (χ3n) is 4.83. The lowest BCUT2D eigenvalue weighted by Crippen LogP contribution is -2.56. The van der Waals surface area contributed by atoms with Crippen molar-refractivity contribution in [3.05, 3.63) is 35.4 Å². The van der Waals surface area contributed by atoms with E-state index in [0.717, 1.165) is 24.0 Å². The van der Waals surface area contributed by atoms with Crippen LogP contribution >= 0.6 is 0 Å². The minimum absolute atomic E-state index is 0.0509. The molecule has 0 saturated heterocycles. The summed E-state index contributed by atoms with van der Waals surface area (Å²) >= 11 is 0. The lowest BCUT2D eigenvalue weighted by molar-refractivity contribution is -0.139. The molecule has 0 unspecified atom stereocenters. The van der Waals surface area contributed by atoms with Gasteiger partial charge in [0.15, 0.2) is 0 Å². The van der Waals surface area contributed by atoms with Crippen LogP contribution in [0.2, 0.25) is 0 Å². The molecule has 1 fully saturated rings. The number of hydrogen-bond acceptors (Lipinski definition) is 4. The van der Waals surface area contributed by atoms with Gasteiger partial charge < -0.3 is 20.5 Å². The molecule has 156 valence electrons. The summed E-state index contributed by atoms with van der Waals surface area (Å²) in [5, 5.41) is 14.8. The zero-order chi connectivity index (χ0) is 20.7. The van der Waals surface area contributed by atoms with Crippen LogP contribution in [-0.2, 0) is 22.7 Å². The van der Waals surface area contributed by atoms with Gasteiger partial charge in [-0.15, -0.1) is 0 Å². The molecule has 0 radical (unpaired) electrons. The lowest BCUT2D eigenvalue weighted by atomic mass is 9.85. The summed E-state index contributed by atoms with van der Waals surface area (Å²) in [6, 6.07) is 8.13. The van der Waals surface area contributed by atoms with Crippen LogP contribution in [0.1, 0.15) is 51.7 Å². The minimum atomic E-state index is -0.814. The van der Waals surface area contributed by atoms with E-state index < -0.39 is 5.97 Å². The van der Waals surface area contributed by atoms with Crippen molar-refractivity contribution in [3.8, 4) is 0 Å². The van der Waals surface area contributed by atoms with Gasteiger partial charge in [0.1, 0.15) is 0 Å². The van der Waals surface area contributed by atoms with Gasteiger partial charge in [-0.1, -0.05) is 31.2 Å². The molecule has 0 atom stereocenters. The molecule has 1 aliphatic carbocycles. The van der Waals surface area contributed by atoms with E-state index >= 15 is 0 Å². The molecular formula is C21H33N3O4. The number of nitrogens with one attached hydrogen (secondary N) is 2. The van der Waals surface area contributed by atoms with Gasteiger partial charge in [0.25, 0.3) is 0 Å². The number of rotatable bonds is 9. The maximum Gasteiger partial charge on any atom is 0.317 e. The van der Waals surface area contributed by atoms with Crippen molar-refractivity contribution >= 4 is 12.0 Å². The predicted molar refractivity (Wildman–Crippen MR) is 108 cm³/mol. The fourth-order valence-electron chi connectivity index (χ4n) is 3.22. The number of amides is 2. The van der Waals surface area contributed by atoms with Crippen molar-refractivity contribution in [2.75, 3.05) is 13.1 Å². The number of nitrogens with zero attached hydrogens (tertiary/aromatic N) is 1. The van der Waals surface area contributed by atoms with Gasteiger partial charge in [-0.05, 0) is 51.3 Å². The zero-order valence-corrected chi connectivity index (χ0v) is 17.3. The monoisotopic (exact) mass is 391 g/mol. The quantitative estimate of drug-likeness (QED) is 0.602. The SMILES string of the molecule is CCN(CC(=O)O)C1CC(NC(=O)NCc2cccc(COC(C)(C)C)c2)C1. The maximum absolute atomic E-state index is 12.1. The number of ether oxygens (including phenoxy) is 1. The fourth-order valence-corrected chi connectivity index (χ4v) is 3.22. The first kappa shape index (κ1) is 22.2. The summed E-state index contributed by atoms with van der Waals surface area (Å²) in [7, 11) is 0. The number of carboxylic acid groups (broad SMARTS) is 1. The molecular weight excluding hydrogens is 358 g/mol. The third kappa shape index (κ3) is 7.48. The summed E-state index contributed by atoms with van der Waals surface area (Å²) in [4.78, 5) is 24.9. The van der Waals surface area contributed by atoms with Crippen LogP contribution in [0.3, 0.4) is 0 Å². The van der Waals surface area contributed by atoms with E-state index in [1.54, 1.807) is 0 Å². The number of likely N-dealkylation sites (N-methyl/N-ethyl adjacent to an activating group) is 1. The number of aliphatic carboxylic acids is 1. The molecule has 1 saturated carbocycles. The summed E-state index contributed by atoms with van der Waals surface area (Å²) < 4.78 is 5.79. The van der Waals surface area contributed by atoms with E-state index in [-0.39, 0.29) is 30.3 Å². The summed E-state index contributed by atoms with van der Waals surface area (Å²) in [5.41, 5.74) is 1.91. The average molecular weight is 392 g/mol. The average Bonchev–Trinajstić information content (AvgIpc) is 2.59. The van der Waals surface area contributed by atoms with Gasteiger partial charge >= 0.3 is 12.0 Å². The molecule has 0 aliphatic heterocycles. The van der Waals surface area contributed by atoms with Crippen LogP contribution in [0, 0.1) is 0 Å². The van der Waals surface area contributed by atoms with Crippen LogP contribution in [0.5, 0.6) is 0 Å². The van der Waals surface area contributed by atoms with Crippen molar-refractivity contribution in [2.45, 2.75) is 71.4 Å². The maximum atomic E-state index is 12.1. The Labute approximate surface area is 167 Å². The molecule has 7 heteroatoms. The Morgan fingerprint density at radius 1 is 1.25 bits per heavy atom. The molecule has 0 heterocycles. The summed E-state index contributed by atoms with van der Waals surface area (Å²) in [6.07, 6.45) is 1.57. The number of carboxylic acids is 1. The molecule has 0 bridgehead atoms. The Morgan fingerprint density at radius 3 is 2.54 bits per heavy atom. The highest BCUT2D eigenvalue weighted by Crippen LogP contribution is 2.25. The van der Waals surface area contributed by atoms with E-state index in [4.69, 9.17) is 9.84 Å². The third-order valence-corrected chi connectivity index (χ3v) is 4.83. The van der Waals surface area contributed by atoms with Gasteiger partial charge in [-0.3, -0.25) is 9.69 Å². The number of benzene rings is 1. The first-order valence-electron chi connectivity index (χ1n) is 9.88. The second kappa shape index (κ2) is 9.89. The molecule has 28 heavy (non-hydrogen) atoms. The molecule has 2 rings (SSSR count). The molecule has 7 nitrogen and oxygen atoms in total. The second-order valence-electron chi connectivity index (χ2n) is 8.33. The highest BCUT2D eigenvalue weighted by Gasteiger charge is 2.34. The van der Waals surface area contributed by atoms with Gasteiger partial charge in [0.05, 0.1) is 18.8 Å². The Balaban J connectivity index is 1.71. The van der Waals surface area contributed by atoms with Crippen LogP contribution in [0.15, 0.2) is 24.3 Å². The predicted octanol–water partition coefficient (Wildman–Crippen LogP) is 2.74. The van der Waals surface area contributed by atoms with Crippen molar-refractivity contribution in [2.24, 2.45) is 0 Å². The van der Waals surface area contributed by atoms with E-state index in [2.05, 4.69) is 10.6 Å². The first-order valence-corrected chi connectivity index (χ1v) is 9.88. The fraction of sp³-hybridized carbons (Fsp3) is 0.619. The first-order chi connectivity index (χ1) is 13.2. The van der Waals surface area contributed by atoms with Crippen molar-refractivity contribution in [1.29, 1.82) is 0 Å². The second-order valence-corrected chi connectivity index (χ2v) is 8.33. The zero-order valence-electron chi connectivity index (χ0n) is 17.3. The molecule has 0 spiro atoms. The Morgan fingerprint density at radius 2 is 1.93 bits per heavy atom. The normalized spacial score (nSPS) is 19.2. The molecule has 1 aromatic carbocycles. The van der Waals surface area contributed by atoms with Crippen LogP contribution in [-0.4, -0.2) is 52.8 Å². The molecule has 3 N–H and O–H groups in total. The highest BCUT2D eigenvalue weighted by atomic mass is 16.5. The van der Waals surface area contributed by atoms with Crippen LogP contribution in [0.4, 0.5) is 4.79 Å².